The number of benzene rings is 2. The Kier molecular flexibility index (Phi) is 4.01. The molecule has 1 aromatic heterocycles. The highest BCUT2D eigenvalue weighted by molar-refractivity contribution is 5.74. The van der Waals surface area contributed by atoms with Gasteiger partial charge in [0, 0.05) is 23.7 Å². The highest BCUT2D eigenvalue weighted by Crippen LogP contribution is 2.32. The van der Waals surface area contributed by atoms with Crippen LogP contribution < -0.4 is 4.74 Å². The van der Waals surface area contributed by atoms with Crippen molar-refractivity contribution in [1.82, 2.24) is 10.1 Å². The highest BCUT2D eigenvalue weighted by atomic mass is 16.5. The number of para-hydroxylation sites is 1. The van der Waals surface area contributed by atoms with Crippen LogP contribution in [0.4, 0.5) is 0 Å². The van der Waals surface area contributed by atoms with Crippen molar-refractivity contribution >= 4 is 0 Å². The Labute approximate surface area is 140 Å². The smallest absolute Gasteiger partial charge is 0.257 e. The summed E-state index contributed by atoms with van der Waals surface area (Å²) in [4.78, 5) is 4.55. The summed E-state index contributed by atoms with van der Waals surface area (Å²) in [5, 5.41) is 4.12. The second-order valence-electron chi connectivity index (χ2n) is 5.80. The normalized spacial score (nSPS) is 17.1. The van der Waals surface area contributed by atoms with E-state index in [1.807, 2.05) is 48.5 Å². The molecule has 1 saturated heterocycles. The van der Waals surface area contributed by atoms with Crippen LogP contribution in [0.15, 0.2) is 53.1 Å². The number of nitrogens with zero attached hydrogens (tertiary/aromatic N) is 2. The third kappa shape index (κ3) is 2.78. The molecule has 0 bridgehead atoms. The first-order chi connectivity index (χ1) is 11.8. The molecule has 0 radical (unpaired) electrons. The number of hydrogen-bond donors (Lipinski definition) is 0. The quantitative estimate of drug-likeness (QED) is 0.729. The van der Waals surface area contributed by atoms with Crippen molar-refractivity contribution in [3.8, 4) is 28.3 Å². The van der Waals surface area contributed by atoms with E-state index in [1.54, 1.807) is 7.11 Å². The number of methoxy groups -OCH3 is 1. The molecule has 4 rings (SSSR count). The van der Waals surface area contributed by atoms with E-state index in [4.69, 9.17) is 14.0 Å². The lowest BCUT2D eigenvalue weighted by Crippen LogP contribution is -1.99. The third-order valence-electron chi connectivity index (χ3n) is 4.26. The molecule has 2 aromatic carbocycles. The molecule has 1 aliphatic rings. The fourth-order valence-electron chi connectivity index (χ4n) is 2.96. The van der Waals surface area contributed by atoms with Crippen molar-refractivity contribution in [3.05, 3.63) is 54.4 Å². The molecule has 1 fully saturated rings. The summed E-state index contributed by atoms with van der Waals surface area (Å²) >= 11 is 0. The zero-order valence-electron chi connectivity index (χ0n) is 13.4. The number of ether oxygens (including phenoxy) is 2. The Bertz CT molecular complexity index is 838. The molecule has 0 amide bonds. The molecular weight excluding hydrogens is 304 g/mol. The van der Waals surface area contributed by atoms with Gasteiger partial charge in [-0.15, -0.1) is 0 Å². The van der Waals surface area contributed by atoms with Crippen LogP contribution in [-0.4, -0.2) is 30.5 Å². The van der Waals surface area contributed by atoms with E-state index in [9.17, 15) is 0 Å². The molecule has 2 heterocycles. The molecular formula is C19H18N2O3. The Balaban J connectivity index is 1.68. The van der Waals surface area contributed by atoms with Crippen molar-refractivity contribution in [2.24, 2.45) is 0 Å². The summed E-state index contributed by atoms with van der Waals surface area (Å²) in [5.41, 5.74) is 2.98. The van der Waals surface area contributed by atoms with Crippen LogP contribution in [0, 0.1) is 0 Å². The third-order valence-corrected chi connectivity index (χ3v) is 4.26. The maximum absolute atomic E-state index is 5.46. The first-order valence-electron chi connectivity index (χ1n) is 8.00. The van der Waals surface area contributed by atoms with Crippen molar-refractivity contribution in [2.45, 2.75) is 12.3 Å². The maximum Gasteiger partial charge on any atom is 0.257 e. The SMILES string of the molecule is COc1ccccc1-c1cccc(-c2nc([C@@H]3CCOC3)no2)c1. The Hall–Kier alpha value is -2.66. The molecule has 0 saturated carbocycles. The van der Waals surface area contributed by atoms with Crippen molar-refractivity contribution in [2.75, 3.05) is 20.3 Å². The second kappa shape index (κ2) is 6.45. The van der Waals surface area contributed by atoms with Gasteiger partial charge in [0.1, 0.15) is 5.75 Å². The molecule has 3 aromatic rings. The average Bonchev–Trinajstić information content (AvgIpc) is 3.33. The van der Waals surface area contributed by atoms with Gasteiger partial charge in [-0.1, -0.05) is 35.5 Å². The largest absolute Gasteiger partial charge is 0.496 e. The summed E-state index contributed by atoms with van der Waals surface area (Å²) in [5.74, 6) is 2.34. The Morgan fingerprint density at radius 3 is 2.79 bits per heavy atom. The van der Waals surface area contributed by atoms with Gasteiger partial charge in [0.25, 0.3) is 5.89 Å². The van der Waals surface area contributed by atoms with E-state index in [-0.39, 0.29) is 5.92 Å². The predicted molar refractivity (Wildman–Crippen MR) is 89.9 cm³/mol. The number of aromatic nitrogens is 2. The zero-order valence-corrected chi connectivity index (χ0v) is 13.4. The lowest BCUT2D eigenvalue weighted by Gasteiger charge is -2.08. The first-order valence-corrected chi connectivity index (χ1v) is 8.00. The fourth-order valence-corrected chi connectivity index (χ4v) is 2.96. The van der Waals surface area contributed by atoms with E-state index in [2.05, 4.69) is 10.1 Å². The molecule has 0 spiro atoms. The predicted octanol–water partition coefficient (Wildman–Crippen LogP) is 3.92. The van der Waals surface area contributed by atoms with Crippen molar-refractivity contribution < 1.29 is 14.0 Å². The van der Waals surface area contributed by atoms with E-state index in [0.717, 1.165) is 41.3 Å². The molecule has 5 heteroatoms. The molecule has 24 heavy (non-hydrogen) atoms. The summed E-state index contributed by atoms with van der Waals surface area (Å²) < 4.78 is 16.3. The van der Waals surface area contributed by atoms with E-state index in [0.29, 0.717) is 12.5 Å². The minimum absolute atomic E-state index is 0.236. The number of rotatable bonds is 4. The van der Waals surface area contributed by atoms with E-state index in [1.165, 1.54) is 0 Å². The minimum Gasteiger partial charge on any atom is -0.496 e. The average molecular weight is 322 g/mol. The van der Waals surface area contributed by atoms with Crippen LogP contribution in [0.25, 0.3) is 22.6 Å². The highest BCUT2D eigenvalue weighted by Gasteiger charge is 2.23. The standard InChI is InChI=1S/C19H18N2O3/c1-22-17-8-3-2-7-16(17)13-5-4-6-14(11-13)19-20-18(21-24-19)15-9-10-23-12-15/h2-8,11,15H,9-10,12H2,1H3/t15-/m1/s1. The van der Waals surface area contributed by atoms with Gasteiger partial charge in [-0.3, -0.25) is 0 Å². The summed E-state index contributed by atoms with van der Waals surface area (Å²) in [6.45, 7) is 1.43. The Morgan fingerprint density at radius 1 is 1.08 bits per heavy atom. The molecule has 122 valence electrons. The summed E-state index contributed by atoms with van der Waals surface area (Å²) in [6.07, 6.45) is 0.945. The van der Waals surface area contributed by atoms with Crippen LogP contribution in [0.3, 0.4) is 0 Å². The molecule has 5 nitrogen and oxygen atoms in total. The van der Waals surface area contributed by atoms with Crippen LogP contribution >= 0.6 is 0 Å². The van der Waals surface area contributed by atoms with E-state index >= 15 is 0 Å². The van der Waals surface area contributed by atoms with Gasteiger partial charge >= 0.3 is 0 Å². The van der Waals surface area contributed by atoms with Crippen LogP contribution in [0.2, 0.25) is 0 Å². The van der Waals surface area contributed by atoms with Gasteiger partial charge in [-0.05, 0) is 30.2 Å². The van der Waals surface area contributed by atoms with Crippen molar-refractivity contribution in [3.63, 3.8) is 0 Å². The van der Waals surface area contributed by atoms with Gasteiger partial charge < -0.3 is 14.0 Å². The summed E-state index contributed by atoms with van der Waals surface area (Å²) in [7, 11) is 1.68. The first kappa shape index (κ1) is 14.9. The Morgan fingerprint density at radius 2 is 1.96 bits per heavy atom. The topological polar surface area (TPSA) is 57.4 Å². The summed E-state index contributed by atoms with van der Waals surface area (Å²) in [6, 6.07) is 16.0. The molecule has 0 N–H and O–H groups in total. The maximum atomic E-state index is 5.46. The lowest BCUT2D eigenvalue weighted by atomic mass is 10.0. The zero-order chi connectivity index (χ0) is 16.4. The lowest BCUT2D eigenvalue weighted by molar-refractivity contribution is 0.192. The molecule has 1 aliphatic heterocycles. The molecule has 0 unspecified atom stereocenters. The van der Waals surface area contributed by atoms with Gasteiger partial charge in [-0.25, -0.2) is 0 Å². The monoisotopic (exact) mass is 322 g/mol. The molecule has 0 aliphatic carbocycles. The van der Waals surface area contributed by atoms with Crippen LogP contribution in [0.5, 0.6) is 5.75 Å². The molecule has 1 atom stereocenters. The van der Waals surface area contributed by atoms with Crippen LogP contribution in [-0.2, 0) is 4.74 Å². The van der Waals surface area contributed by atoms with Crippen LogP contribution in [0.1, 0.15) is 18.2 Å². The number of hydrogen-bond acceptors (Lipinski definition) is 5. The van der Waals surface area contributed by atoms with Crippen molar-refractivity contribution in [1.29, 1.82) is 0 Å². The van der Waals surface area contributed by atoms with Gasteiger partial charge in [0.15, 0.2) is 5.82 Å². The minimum atomic E-state index is 0.236. The van der Waals surface area contributed by atoms with Gasteiger partial charge in [0.2, 0.25) is 0 Å². The van der Waals surface area contributed by atoms with E-state index < -0.39 is 0 Å². The van der Waals surface area contributed by atoms with Gasteiger partial charge in [-0.2, -0.15) is 4.98 Å². The fraction of sp³-hybridized carbons (Fsp3) is 0.263. The second-order valence-corrected chi connectivity index (χ2v) is 5.80. The van der Waals surface area contributed by atoms with Gasteiger partial charge in [0.05, 0.1) is 13.7 Å².